The maximum Gasteiger partial charge on any atom is 0.259 e. The van der Waals surface area contributed by atoms with E-state index < -0.39 is 0 Å². The number of nitrogens with one attached hydrogen (secondary N) is 1. The summed E-state index contributed by atoms with van der Waals surface area (Å²) < 4.78 is 4.71. The van der Waals surface area contributed by atoms with Gasteiger partial charge >= 0.3 is 0 Å². The summed E-state index contributed by atoms with van der Waals surface area (Å²) in [6, 6.07) is 1.81. The quantitative estimate of drug-likeness (QED) is 0.251. The first-order valence-electron chi connectivity index (χ1n) is 5.58. The highest BCUT2D eigenvalue weighted by Crippen LogP contribution is 2.09. The van der Waals surface area contributed by atoms with Gasteiger partial charge < -0.3 is 9.84 Å². The van der Waals surface area contributed by atoms with Gasteiger partial charge in [-0.3, -0.25) is 15.1 Å². The zero-order valence-corrected chi connectivity index (χ0v) is 11.0. The molecule has 0 aliphatic rings. The number of aliphatic imine (C=N–C) groups is 1. The molecule has 0 spiro atoms. The molecule has 1 heterocycles. The van der Waals surface area contributed by atoms with Crippen molar-refractivity contribution in [3.8, 4) is 0 Å². The van der Waals surface area contributed by atoms with Gasteiger partial charge in [-0.05, 0) is 6.92 Å². The normalized spacial score (nSPS) is 11.5. The smallest absolute Gasteiger partial charge is 0.259 e. The molecule has 0 fully saturated rings. The van der Waals surface area contributed by atoms with E-state index in [2.05, 4.69) is 15.5 Å². The Morgan fingerprint density at radius 2 is 2.56 bits per heavy atom. The minimum absolute atomic E-state index is 0.248. The Bertz CT molecular complexity index is 380. The molecule has 7 nitrogen and oxygen atoms in total. The molecule has 0 saturated heterocycles. The number of nitrogens with zero attached hydrogens (tertiary/aromatic N) is 3. The van der Waals surface area contributed by atoms with Gasteiger partial charge in [-0.1, -0.05) is 5.16 Å². The van der Waals surface area contributed by atoms with E-state index in [0.717, 1.165) is 17.2 Å². The van der Waals surface area contributed by atoms with Crippen LogP contribution in [-0.2, 0) is 5.75 Å². The molecule has 0 saturated carbocycles. The second kappa shape index (κ2) is 8.51. The second-order valence-electron chi connectivity index (χ2n) is 3.39. The van der Waals surface area contributed by atoms with Crippen molar-refractivity contribution < 1.29 is 9.45 Å². The van der Waals surface area contributed by atoms with Gasteiger partial charge in [-0.25, -0.2) is 0 Å². The van der Waals surface area contributed by atoms with Crippen LogP contribution in [0.5, 0.6) is 0 Å². The number of hydrogen-bond acceptors (Lipinski definition) is 6. The molecule has 1 N–H and O–H groups in total. The van der Waals surface area contributed by atoms with Crippen molar-refractivity contribution in [3.05, 3.63) is 28.1 Å². The van der Waals surface area contributed by atoms with E-state index in [1.54, 1.807) is 11.8 Å². The van der Waals surface area contributed by atoms with Gasteiger partial charge in [-0.2, -0.15) is 11.8 Å². The van der Waals surface area contributed by atoms with Crippen LogP contribution in [0.3, 0.4) is 0 Å². The Morgan fingerprint density at radius 3 is 3.17 bits per heavy atom. The molecule has 1 aromatic heterocycles. The lowest BCUT2D eigenvalue weighted by Crippen LogP contribution is -2.30. The first kappa shape index (κ1) is 14.5. The Kier molecular flexibility index (Phi) is 6.85. The lowest BCUT2D eigenvalue weighted by atomic mass is 10.5. The van der Waals surface area contributed by atoms with Crippen molar-refractivity contribution in [2.24, 2.45) is 4.99 Å². The molecule has 0 bridgehead atoms. The fourth-order valence-corrected chi connectivity index (χ4v) is 1.94. The molecule has 100 valence electrons. The van der Waals surface area contributed by atoms with Gasteiger partial charge in [0.15, 0.2) is 5.84 Å². The second-order valence-corrected chi connectivity index (χ2v) is 4.50. The summed E-state index contributed by atoms with van der Waals surface area (Å²) >= 11 is 1.66. The van der Waals surface area contributed by atoms with Crippen molar-refractivity contribution in [3.63, 3.8) is 0 Å². The number of nitro groups is 1. The highest BCUT2D eigenvalue weighted by molar-refractivity contribution is 7.98. The molecule has 8 heteroatoms. The molecule has 0 aliphatic heterocycles. The van der Waals surface area contributed by atoms with E-state index >= 15 is 0 Å². The number of hydrogen-bond donors (Lipinski definition) is 1. The molecule has 1 rings (SSSR count). The highest BCUT2D eigenvalue weighted by Gasteiger charge is 2.05. The highest BCUT2D eigenvalue weighted by atomic mass is 32.2. The Hall–Kier alpha value is -1.57. The van der Waals surface area contributed by atoms with Crippen LogP contribution in [-0.4, -0.2) is 41.3 Å². The lowest BCUT2D eigenvalue weighted by Gasteiger charge is -2.03. The van der Waals surface area contributed by atoms with E-state index in [1.807, 2.05) is 13.0 Å². The Balaban J connectivity index is 2.21. The summed E-state index contributed by atoms with van der Waals surface area (Å²) in [6.07, 6.45) is 1.54. The molecule has 1 aromatic rings. The van der Waals surface area contributed by atoms with E-state index in [-0.39, 0.29) is 11.5 Å². The van der Waals surface area contributed by atoms with Gasteiger partial charge in [-0.15, -0.1) is 0 Å². The van der Waals surface area contributed by atoms with E-state index in [4.69, 9.17) is 4.52 Å². The van der Waals surface area contributed by atoms with Gasteiger partial charge in [0.05, 0.1) is 12.2 Å². The lowest BCUT2D eigenvalue weighted by molar-refractivity contribution is -0.463. The number of aromatic nitrogens is 1. The van der Waals surface area contributed by atoms with Crippen LogP contribution in [0.1, 0.15) is 12.6 Å². The van der Waals surface area contributed by atoms with Crippen molar-refractivity contribution in [2.75, 3.05) is 25.4 Å². The molecule has 0 amide bonds. The molecule has 0 unspecified atom stereocenters. The van der Waals surface area contributed by atoms with Gasteiger partial charge in [0.2, 0.25) is 0 Å². The van der Waals surface area contributed by atoms with Gasteiger partial charge in [0, 0.05) is 29.0 Å². The van der Waals surface area contributed by atoms with Crippen molar-refractivity contribution in [1.29, 1.82) is 0 Å². The Morgan fingerprint density at radius 1 is 1.72 bits per heavy atom. The number of likely N-dealkylation sites (N-methyl/N-ethyl adjacent to an activating group) is 1. The molecule has 0 aromatic carbocycles. The first-order chi connectivity index (χ1) is 8.72. The minimum atomic E-state index is -0.385. The summed E-state index contributed by atoms with van der Waals surface area (Å²) in [5, 5.41) is 17.1. The van der Waals surface area contributed by atoms with E-state index in [1.165, 1.54) is 6.26 Å². The molecular formula is C10H16N4O3S. The van der Waals surface area contributed by atoms with Crippen LogP contribution in [0, 0.1) is 10.1 Å². The molecule has 18 heavy (non-hydrogen) atoms. The SMILES string of the molecule is CCNC(C[N+](=O)[O-])=NCCSCc1ccon1. The maximum atomic E-state index is 10.4. The summed E-state index contributed by atoms with van der Waals surface area (Å²) in [6.45, 7) is 2.83. The van der Waals surface area contributed by atoms with Gasteiger partial charge in [0.1, 0.15) is 6.26 Å². The molecule has 0 atom stereocenters. The minimum Gasteiger partial charge on any atom is -0.369 e. The fourth-order valence-electron chi connectivity index (χ4n) is 1.22. The molecule has 0 radical (unpaired) electrons. The fraction of sp³-hybridized carbons (Fsp3) is 0.600. The van der Waals surface area contributed by atoms with Gasteiger partial charge in [0.25, 0.3) is 6.54 Å². The third-order valence-electron chi connectivity index (χ3n) is 1.94. The predicted molar refractivity (Wildman–Crippen MR) is 70.5 cm³/mol. The van der Waals surface area contributed by atoms with E-state index in [9.17, 15) is 10.1 Å². The largest absolute Gasteiger partial charge is 0.369 e. The zero-order valence-electron chi connectivity index (χ0n) is 10.2. The van der Waals surface area contributed by atoms with Crippen molar-refractivity contribution >= 4 is 17.6 Å². The maximum absolute atomic E-state index is 10.4. The van der Waals surface area contributed by atoms with Crippen LogP contribution in [0.2, 0.25) is 0 Å². The first-order valence-corrected chi connectivity index (χ1v) is 6.73. The van der Waals surface area contributed by atoms with Crippen LogP contribution < -0.4 is 5.32 Å². The average molecular weight is 272 g/mol. The van der Waals surface area contributed by atoms with Crippen LogP contribution in [0.4, 0.5) is 0 Å². The molecular weight excluding hydrogens is 256 g/mol. The standard InChI is InChI=1S/C10H16N4O3S/c1-2-11-10(7-14(15)16)12-4-6-18-8-9-3-5-17-13-9/h3,5H,2,4,6-8H2,1H3,(H,11,12). The van der Waals surface area contributed by atoms with Crippen molar-refractivity contribution in [1.82, 2.24) is 10.5 Å². The molecule has 0 aliphatic carbocycles. The number of rotatable bonds is 8. The predicted octanol–water partition coefficient (Wildman–Crippen LogP) is 1.19. The van der Waals surface area contributed by atoms with Crippen LogP contribution in [0.15, 0.2) is 21.8 Å². The summed E-state index contributed by atoms with van der Waals surface area (Å²) in [5.74, 6) is 1.99. The third kappa shape index (κ3) is 6.24. The summed E-state index contributed by atoms with van der Waals surface area (Å²) in [5.41, 5.74) is 0.890. The summed E-state index contributed by atoms with van der Waals surface area (Å²) in [7, 11) is 0. The van der Waals surface area contributed by atoms with Crippen LogP contribution >= 0.6 is 11.8 Å². The summed E-state index contributed by atoms with van der Waals surface area (Å²) in [4.78, 5) is 14.2. The van der Waals surface area contributed by atoms with E-state index in [0.29, 0.717) is 18.9 Å². The third-order valence-corrected chi connectivity index (χ3v) is 2.91. The van der Waals surface area contributed by atoms with Crippen LogP contribution in [0.25, 0.3) is 0 Å². The Labute approximate surface area is 109 Å². The van der Waals surface area contributed by atoms with Crippen molar-refractivity contribution in [2.45, 2.75) is 12.7 Å². The average Bonchev–Trinajstić information content (AvgIpc) is 2.81. The number of amidine groups is 1. The monoisotopic (exact) mass is 272 g/mol. The topological polar surface area (TPSA) is 93.6 Å². The number of thioether (sulfide) groups is 1. The zero-order chi connectivity index (χ0) is 13.2.